The molecule has 1 fully saturated rings. The quantitative estimate of drug-likeness (QED) is 0.928. The summed E-state index contributed by atoms with van der Waals surface area (Å²) in [5.74, 6) is 0.646. The van der Waals surface area contributed by atoms with E-state index in [1.54, 1.807) is 11.3 Å². The van der Waals surface area contributed by atoms with Crippen LogP contribution in [0.4, 0.5) is 0 Å². The Morgan fingerprint density at radius 3 is 2.79 bits per heavy atom. The number of hydrogen-bond donors (Lipinski definition) is 1. The van der Waals surface area contributed by atoms with Gasteiger partial charge < -0.3 is 10.0 Å². The van der Waals surface area contributed by atoms with Crippen LogP contribution in [0.5, 0.6) is 0 Å². The van der Waals surface area contributed by atoms with Crippen LogP contribution >= 0.6 is 22.9 Å². The Balaban J connectivity index is 1.69. The Hall–Kier alpha value is -0.610. The van der Waals surface area contributed by atoms with Crippen molar-refractivity contribution < 1.29 is 5.11 Å². The highest BCUT2D eigenvalue weighted by Crippen LogP contribution is 2.36. The number of halogens is 1. The van der Waals surface area contributed by atoms with Gasteiger partial charge in [0.25, 0.3) is 0 Å². The van der Waals surface area contributed by atoms with Crippen molar-refractivity contribution >= 4 is 33.0 Å². The summed E-state index contributed by atoms with van der Waals surface area (Å²) in [4.78, 5) is 3.55. The van der Waals surface area contributed by atoms with Gasteiger partial charge in [-0.2, -0.15) is 0 Å². The predicted molar refractivity (Wildman–Crippen MR) is 81.9 cm³/mol. The van der Waals surface area contributed by atoms with Gasteiger partial charge in [0.1, 0.15) is 0 Å². The number of thiophene rings is 1. The van der Waals surface area contributed by atoms with Crippen LogP contribution < -0.4 is 0 Å². The van der Waals surface area contributed by atoms with Gasteiger partial charge in [-0.15, -0.1) is 11.3 Å². The van der Waals surface area contributed by atoms with Gasteiger partial charge >= 0.3 is 0 Å². The Kier molecular flexibility index (Phi) is 3.81. The lowest BCUT2D eigenvalue weighted by Crippen LogP contribution is -2.36. The van der Waals surface area contributed by atoms with E-state index in [-0.39, 0.29) is 6.10 Å². The molecule has 3 rings (SSSR count). The third-order valence-electron chi connectivity index (χ3n) is 3.80. The van der Waals surface area contributed by atoms with Crippen molar-refractivity contribution in [3.63, 3.8) is 0 Å². The minimum absolute atomic E-state index is 0.0636. The first-order chi connectivity index (χ1) is 9.13. The molecule has 0 amide bonds. The molecule has 1 aromatic carbocycles. The van der Waals surface area contributed by atoms with Crippen molar-refractivity contribution in [2.24, 2.45) is 5.92 Å². The second-order valence-electron chi connectivity index (χ2n) is 5.52. The molecule has 102 valence electrons. The van der Waals surface area contributed by atoms with Gasteiger partial charge in [0.2, 0.25) is 0 Å². The van der Waals surface area contributed by atoms with E-state index in [1.807, 2.05) is 6.07 Å². The highest BCUT2D eigenvalue weighted by Gasteiger charge is 2.28. The lowest BCUT2D eigenvalue weighted by atomic mass is 9.82. The van der Waals surface area contributed by atoms with Crippen LogP contribution in [-0.4, -0.2) is 29.7 Å². The molecule has 0 spiro atoms. The molecule has 2 aromatic rings. The van der Waals surface area contributed by atoms with E-state index < -0.39 is 0 Å². The number of benzene rings is 1. The molecule has 1 aliphatic rings. The number of hydrogen-bond acceptors (Lipinski definition) is 3. The topological polar surface area (TPSA) is 23.5 Å². The van der Waals surface area contributed by atoms with Crippen molar-refractivity contribution in [2.45, 2.75) is 25.5 Å². The molecular formula is C15H18ClNOS. The predicted octanol–water partition coefficient (Wildman–Crippen LogP) is 3.76. The van der Waals surface area contributed by atoms with E-state index in [0.717, 1.165) is 36.3 Å². The van der Waals surface area contributed by atoms with E-state index in [0.29, 0.717) is 5.92 Å². The molecule has 1 saturated carbocycles. The van der Waals surface area contributed by atoms with Crippen LogP contribution in [0.2, 0.25) is 5.02 Å². The number of aliphatic hydroxyl groups excluding tert-OH is 1. The average molecular weight is 296 g/mol. The van der Waals surface area contributed by atoms with E-state index >= 15 is 0 Å². The molecule has 0 bridgehead atoms. The fourth-order valence-corrected chi connectivity index (χ4v) is 4.34. The highest BCUT2D eigenvalue weighted by molar-refractivity contribution is 7.19. The number of aliphatic hydroxyl groups is 1. The molecule has 1 heterocycles. The maximum absolute atomic E-state index is 9.32. The van der Waals surface area contributed by atoms with Crippen LogP contribution in [-0.2, 0) is 6.54 Å². The second-order valence-corrected chi connectivity index (χ2v) is 7.04. The summed E-state index contributed by atoms with van der Waals surface area (Å²) in [6, 6.07) is 8.29. The van der Waals surface area contributed by atoms with Crippen molar-refractivity contribution in [3.05, 3.63) is 34.2 Å². The van der Waals surface area contributed by atoms with Crippen LogP contribution in [0.15, 0.2) is 24.3 Å². The van der Waals surface area contributed by atoms with Gasteiger partial charge in [-0.25, -0.2) is 0 Å². The van der Waals surface area contributed by atoms with Crippen molar-refractivity contribution in [3.8, 4) is 0 Å². The molecule has 2 nitrogen and oxygen atoms in total. The van der Waals surface area contributed by atoms with Crippen molar-refractivity contribution in [1.29, 1.82) is 0 Å². The summed E-state index contributed by atoms with van der Waals surface area (Å²) in [6.07, 6.45) is 1.83. The number of nitrogens with zero attached hydrogens (tertiary/aromatic N) is 1. The average Bonchev–Trinajstić information content (AvgIpc) is 2.65. The molecule has 1 N–H and O–H groups in total. The van der Waals surface area contributed by atoms with Gasteiger partial charge in [0.05, 0.1) is 11.1 Å². The smallest absolute Gasteiger partial charge is 0.0637 e. The summed E-state index contributed by atoms with van der Waals surface area (Å²) in [7, 11) is 2.13. The van der Waals surface area contributed by atoms with Crippen molar-refractivity contribution in [2.75, 3.05) is 13.6 Å². The first kappa shape index (κ1) is 13.4. The summed E-state index contributed by atoms with van der Waals surface area (Å²) >= 11 is 8.24. The minimum Gasteiger partial charge on any atom is -0.393 e. The normalized spacial score (nSPS) is 22.9. The first-order valence-corrected chi connectivity index (χ1v) is 7.85. The second kappa shape index (κ2) is 5.41. The Bertz CT molecular complexity index is 577. The zero-order valence-electron chi connectivity index (χ0n) is 11.0. The molecule has 0 saturated heterocycles. The van der Waals surface area contributed by atoms with Crippen LogP contribution in [0.25, 0.3) is 10.1 Å². The summed E-state index contributed by atoms with van der Waals surface area (Å²) in [5, 5.41) is 11.4. The van der Waals surface area contributed by atoms with E-state index in [1.165, 1.54) is 9.58 Å². The SMILES string of the molecule is CN(Cc1sc2ccccc2c1Cl)CC1CC(O)C1. The Morgan fingerprint density at radius 1 is 1.37 bits per heavy atom. The molecule has 19 heavy (non-hydrogen) atoms. The fourth-order valence-electron chi connectivity index (χ4n) is 2.77. The summed E-state index contributed by atoms with van der Waals surface area (Å²) in [5.41, 5.74) is 0. The molecular weight excluding hydrogens is 278 g/mol. The summed E-state index contributed by atoms with van der Waals surface area (Å²) < 4.78 is 1.26. The van der Waals surface area contributed by atoms with Gasteiger partial charge in [0, 0.05) is 28.1 Å². The standard InChI is InChI=1S/C15H18ClNOS/c1-17(8-10-6-11(18)7-10)9-14-15(16)12-4-2-3-5-13(12)19-14/h2-5,10-11,18H,6-9H2,1H3. The van der Waals surface area contributed by atoms with Gasteiger partial charge in [-0.05, 0) is 31.9 Å². The van der Waals surface area contributed by atoms with E-state index in [4.69, 9.17) is 11.6 Å². The fraction of sp³-hybridized carbons (Fsp3) is 0.467. The largest absolute Gasteiger partial charge is 0.393 e. The number of rotatable bonds is 4. The maximum Gasteiger partial charge on any atom is 0.0637 e. The lowest BCUT2D eigenvalue weighted by Gasteiger charge is -2.34. The molecule has 0 atom stereocenters. The summed E-state index contributed by atoms with van der Waals surface area (Å²) in [6.45, 7) is 1.94. The van der Waals surface area contributed by atoms with Gasteiger partial charge in [-0.3, -0.25) is 0 Å². The highest BCUT2D eigenvalue weighted by atomic mass is 35.5. The van der Waals surface area contributed by atoms with Gasteiger partial charge in [-0.1, -0.05) is 29.8 Å². The Labute approximate surface area is 122 Å². The Morgan fingerprint density at radius 2 is 2.11 bits per heavy atom. The van der Waals surface area contributed by atoms with Crippen LogP contribution in [0, 0.1) is 5.92 Å². The molecule has 0 unspecified atom stereocenters. The monoisotopic (exact) mass is 295 g/mol. The zero-order chi connectivity index (χ0) is 13.4. The first-order valence-electron chi connectivity index (χ1n) is 6.66. The third-order valence-corrected chi connectivity index (χ3v) is 5.50. The van der Waals surface area contributed by atoms with E-state index in [9.17, 15) is 5.11 Å². The maximum atomic E-state index is 9.32. The molecule has 0 radical (unpaired) electrons. The lowest BCUT2D eigenvalue weighted by molar-refractivity contribution is 0.0275. The molecule has 1 aromatic heterocycles. The molecule has 0 aliphatic heterocycles. The zero-order valence-corrected chi connectivity index (χ0v) is 12.5. The minimum atomic E-state index is -0.0636. The molecule has 1 aliphatic carbocycles. The van der Waals surface area contributed by atoms with Crippen molar-refractivity contribution in [1.82, 2.24) is 4.90 Å². The van der Waals surface area contributed by atoms with Crippen LogP contribution in [0.3, 0.4) is 0 Å². The van der Waals surface area contributed by atoms with E-state index in [2.05, 4.69) is 30.1 Å². The third kappa shape index (κ3) is 2.79. The molecule has 4 heteroatoms. The van der Waals surface area contributed by atoms with Gasteiger partial charge in [0.15, 0.2) is 0 Å². The van der Waals surface area contributed by atoms with Crippen LogP contribution in [0.1, 0.15) is 17.7 Å². The number of fused-ring (bicyclic) bond motifs is 1.